The second kappa shape index (κ2) is 4.77. The summed E-state index contributed by atoms with van der Waals surface area (Å²) in [6.45, 7) is 0. The quantitative estimate of drug-likeness (QED) is 0.455. The number of nitro groups is 1. The van der Waals surface area contributed by atoms with Gasteiger partial charge < -0.3 is 4.98 Å². The lowest BCUT2D eigenvalue weighted by Gasteiger charge is -2.03. The van der Waals surface area contributed by atoms with Gasteiger partial charge in [-0.15, -0.1) is 0 Å². The number of nitrogens with one attached hydrogen (secondary N) is 1. The van der Waals surface area contributed by atoms with Crippen molar-refractivity contribution < 1.29 is 4.92 Å². The fraction of sp³-hybridized carbons (Fsp3) is 0. The molecule has 0 amide bonds. The molecule has 0 radical (unpaired) electrons. The molecular weight excluding hydrogens is 296 g/mol. The van der Waals surface area contributed by atoms with Crippen LogP contribution in [0.25, 0.3) is 27.6 Å². The van der Waals surface area contributed by atoms with E-state index in [2.05, 4.69) is 9.97 Å². The zero-order chi connectivity index (χ0) is 16.0. The van der Waals surface area contributed by atoms with Crippen molar-refractivity contribution in [1.29, 1.82) is 0 Å². The molecular formula is C16H10N4O3. The molecule has 0 aliphatic carbocycles. The number of benzene rings is 2. The van der Waals surface area contributed by atoms with E-state index in [1.165, 1.54) is 16.7 Å². The molecule has 0 spiro atoms. The van der Waals surface area contributed by atoms with Gasteiger partial charge >= 0.3 is 5.69 Å². The van der Waals surface area contributed by atoms with Crippen molar-refractivity contribution in [2.24, 2.45) is 0 Å². The van der Waals surface area contributed by atoms with Gasteiger partial charge in [-0.2, -0.15) is 0 Å². The molecule has 0 aliphatic rings. The smallest absolute Gasteiger partial charge is 0.305 e. The zero-order valence-corrected chi connectivity index (χ0v) is 11.8. The Bertz CT molecular complexity index is 1110. The number of hydrogen-bond donors (Lipinski definition) is 1. The van der Waals surface area contributed by atoms with Crippen molar-refractivity contribution >= 4 is 27.6 Å². The first-order valence-corrected chi connectivity index (χ1v) is 6.88. The van der Waals surface area contributed by atoms with Crippen LogP contribution in [0.1, 0.15) is 0 Å². The number of nitrogens with zero attached hydrogens (tertiary/aromatic N) is 3. The second-order valence-electron chi connectivity index (χ2n) is 5.08. The number of imidazole rings is 1. The van der Waals surface area contributed by atoms with Crippen LogP contribution in [-0.2, 0) is 0 Å². The van der Waals surface area contributed by atoms with Crippen LogP contribution in [0.5, 0.6) is 0 Å². The van der Waals surface area contributed by atoms with Crippen molar-refractivity contribution in [1.82, 2.24) is 14.5 Å². The molecule has 2 heterocycles. The first-order valence-electron chi connectivity index (χ1n) is 6.88. The standard InChI is InChI=1S/C16H10N4O3/c21-16-18-15-12-8-11(20(22)23)6-7-13(12)17-9-14(15)19(16)10-4-2-1-3-5-10/h1-9H,(H,18,21). The summed E-state index contributed by atoms with van der Waals surface area (Å²) in [6.07, 6.45) is 1.59. The van der Waals surface area contributed by atoms with E-state index in [-0.39, 0.29) is 11.4 Å². The topological polar surface area (TPSA) is 93.8 Å². The predicted octanol–water partition coefficient (Wildman–Crippen LogP) is 2.78. The number of aromatic nitrogens is 3. The van der Waals surface area contributed by atoms with E-state index < -0.39 is 4.92 Å². The predicted molar refractivity (Wildman–Crippen MR) is 85.9 cm³/mol. The highest BCUT2D eigenvalue weighted by Crippen LogP contribution is 2.26. The zero-order valence-electron chi connectivity index (χ0n) is 11.8. The number of hydrogen-bond acceptors (Lipinski definition) is 4. The highest BCUT2D eigenvalue weighted by molar-refractivity contribution is 6.03. The molecule has 0 atom stereocenters. The maximum absolute atomic E-state index is 12.3. The fourth-order valence-electron chi connectivity index (χ4n) is 2.69. The van der Waals surface area contributed by atoms with Crippen LogP contribution in [0.2, 0.25) is 0 Å². The normalized spacial score (nSPS) is 11.1. The Morgan fingerprint density at radius 3 is 2.65 bits per heavy atom. The Balaban J connectivity index is 2.11. The van der Waals surface area contributed by atoms with Gasteiger partial charge in [0.2, 0.25) is 0 Å². The maximum Gasteiger partial charge on any atom is 0.331 e. The van der Waals surface area contributed by atoms with Crippen LogP contribution < -0.4 is 5.69 Å². The molecule has 112 valence electrons. The van der Waals surface area contributed by atoms with Crippen LogP contribution >= 0.6 is 0 Å². The summed E-state index contributed by atoms with van der Waals surface area (Å²) in [6, 6.07) is 13.5. The van der Waals surface area contributed by atoms with Crippen molar-refractivity contribution in [3.8, 4) is 5.69 Å². The lowest BCUT2D eigenvalue weighted by Crippen LogP contribution is -2.14. The maximum atomic E-state index is 12.3. The summed E-state index contributed by atoms with van der Waals surface area (Å²) in [5.74, 6) is 0. The molecule has 2 aromatic heterocycles. The van der Waals surface area contributed by atoms with E-state index in [4.69, 9.17) is 0 Å². The summed E-state index contributed by atoms with van der Waals surface area (Å²) in [4.78, 5) is 29.9. The summed E-state index contributed by atoms with van der Waals surface area (Å²) in [5, 5.41) is 11.5. The lowest BCUT2D eigenvalue weighted by atomic mass is 10.1. The molecule has 2 aromatic carbocycles. The molecule has 7 heteroatoms. The number of pyridine rings is 1. The van der Waals surface area contributed by atoms with E-state index in [0.717, 1.165) is 0 Å². The number of H-pyrrole nitrogens is 1. The van der Waals surface area contributed by atoms with Crippen LogP contribution in [0.4, 0.5) is 5.69 Å². The fourth-order valence-corrected chi connectivity index (χ4v) is 2.69. The molecule has 23 heavy (non-hydrogen) atoms. The monoisotopic (exact) mass is 306 g/mol. The summed E-state index contributed by atoms with van der Waals surface area (Å²) in [7, 11) is 0. The molecule has 0 saturated carbocycles. The van der Waals surface area contributed by atoms with Crippen LogP contribution in [0.3, 0.4) is 0 Å². The van der Waals surface area contributed by atoms with Gasteiger partial charge in [-0.05, 0) is 18.2 Å². The Labute approximate surface area is 129 Å². The molecule has 0 fully saturated rings. The number of para-hydroxylation sites is 1. The van der Waals surface area contributed by atoms with Gasteiger partial charge in [0.25, 0.3) is 5.69 Å². The molecule has 1 N–H and O–H groups in total. The number of non-ortho nitro benzene ring substituents is 1. The number of nitro benzene ring substituents is 1. The van der Waals surface area contributed by atoms with Crippen molar-refractivity contribution in [2.45, 2.75) is 0 Å². The highest BCUT2D eigenvalue weighted by atomic mass is 16.6. The van der Waals surface area contributed by atoms with E-state index >= 15 is 0 Å². The molecule has 0 unspecified atom stereocenters. The Morgan fingerprint density at radius 2 is 1.91 bits per heavy atom. The largest absolute Gasteiger partial charge is 0.331 e. The van der Waals surface area contributed by atoms with Gasteiger partial charge in [0, 0.05) is 17.5 Å². The third-order valence-corrected chi connectivity index (χ3v) is 3.73. The molecule has 0 bridgehead atoms. The van der Waals surface area contributed by atoms with Gasteiger partial charge in [-0.25, -0.2) is 4.79 Å². The van der Waals surface area contributed by atoms with Crippen LogP contribution in [-0.4, -0.2) is 19.5 Å². The lowest BCUT2D eigenvalue weighted by molar-refractivity contribution is -0.384. The molecule has 0 aliphatic heterocycles. The van der Waals surface area contributed by atoms with Crippen molar-refractivity contribution in [3.05, 3.63) is 75.3 Å². The summed E-state index contributed by atoms with van der Waals surface area (Å²) >= 11 is 0. The van der Waals surface area contributed by atoms with Gasteiger partial charge in [-0.1, -0.05) is 18.2 Å². The van der Waals surface area contributed by atoms with Crippen LogP contribution in [0.15, 0.2) is 59.5 Å². The molecule has 7 nitrogen and oxygen atoms in total. The average Bonchev–Trinajstić information content (AvgIpc) is 2.91. The second-order valence-corrected chi connectivity index (χ2v) is 5.08. The minimum atomic E-state index is -0.468. The molecule has 4 rings (SSSR count). The average molecular weight is 306 g/mol. The van der Waals surface area contributed by atoms with Gasteiger partial charge in [0.15, 0.2) is 0 Å². The van der Waals surface area contributed by atoms with E-state index in [0.29, 0.717) is 27.6 Å². The number of aromatic amines is 1. The SMILES string of the molecule is O=c1[nH]c2c3cc([N+](=O)[O-])ccc3ncc2n1-c1ccccc1. The van der Waals surface area contributed by atoms with Gasteiger partial charge in [0.05, 0.1) is 33.4 Å². The first-order chi connectivity index (χ1) is 11.1. The molecule has 0 saturated heterocycles. The third kappa shape index (κ3) is 1.98. The van der Waals surface area contributed by atoms with Crippen molar-refractivity contribution in [2.75, 3.05) is 0 Å². The Kier molecular flexibility index (Phi) is 2.74. The summed E-state index contributed by atoms with van der Waals surface area (Å²) in [5.41, 5.74) is 2.05. The van der Waals surface area contributed by atoms with Crippen molar-refractivity contribution in [3.63, 3.8) is 0 Å². The minimum Gasteiger partial charge on any atom is -0.305 e. The van der Waals surface area contributed by atoms with Crippen LogP contribution in [0, 0.1) is 10.1 Å². The van der Waals surface area contributed by atoms with Gasteiger partial charge in [0.1, 0.15) is 0 Å². The third-order valence-electron chi connectivity index (χ3n) is 3.73. The Hall–Kier alpha value is -3.48. The van der Waals surface area contributed by atoms with E-state index in [9.17, 15) is 14.9 Å². The number of fused-ring (bicyclic) bond motifs is 3. The minimum absolute atomic E-state index is 0.0416. The number of rotatable bonds is 2. The van der Waals surface area contributed by atoms with E-state index in [1.807, 2.05) is 30.3 Å². The first kappa shape index (κ1) is 13.2. The van der Waals surface area contributed by atoms with E-state index in [1.54, 1.807) is 12.3 Å². The van der Waals surface area contributed by atoms with Gasteiger partial charge in [-0.3, -0.25) is 19.7 Å². The Morgan fingerprint density at radius 1 is 1.13 bits per heavy atom. The molecule has 4 aromatic rings. The summed E-state index contributed by atoms with van der Waals surface area (Å²) < 4.78 is 1.50. The highest BCUT2D eigenvalue weighted by Gasteiger charge is 2.14.